The summed E-state index contributed by atoms with van der Waals surface area (Å²) in [6.45, 7) is 0.944. The minimum atomic E-state index is -4.48. The molecule has 4 aromatic rings. The van der Waals surface area contributed by atoms with Gasteiger partial charge < -0.3 is 14.7 Å². The van der Waals surface area contributed by atoms with E-state index in [-0.39, 0.29) is 11.4 Å². The summed E-state index contributed by atoms with van der Waals surface area (Å²) >= 11 is 7.39. The zero-order valence-corrected chi connectivity index (χ0v) is 22.6. The number of phenols is 1. The third kappa shape index (κ3) is 8.43. The van der Waals surface area contributed by atoms with E-state index in [1.54, 1.807) is 25.3 Å². The summed E-state index contributed by atoms with van der Waals surface area (Å²) in [6, 6.07) is 26.8. The monoisotopic (exact) mass is 570 g/mol. The Hall–Kier alpha value is -3.62. The van der Waals surface area contributed by atoms with E-state index >= 15 is 0 Å². The largest absolute Gasteiger partial charge is 0.508 e. The van der Waals surface area contributed by atoms with Gasteiger partial charge in [0.2, 0.25) is 0 Å². The van der Waals surface area contributed by atoms with Crippen LogP contribution in [0.1, 0.15) is 16.7 Å². The maximum absolute atomic E-state index is 13.4. The van der Waals surface area contributed by atoms with Crippen molar-refractivity contribution in [2.24, 2.45) is 4.99 Å². The molecule has 202 valence electrons. The van der Waals surface area contributed by atoms with Gasteiger partial charge in [0.15, 0.2) is 5.17 Å². The maximum atomic E-state index is 13.4. The number of aromatic hydroxyl groups is 1. The van der Waals surface area contributed by atoms with Crippen LogP contribution in [0.5, 0.6) is 11.5 Å². The second-order valence-electron chi connectivity index (χ2n) is 8.69. The van der Waals surface area contributed by atoms with Crippen molar-refractivity contribution in [2.45, 2.75) is 24.0 Å². The van der Waals surface area contributed by atoms with Crippen molar-refractivity contribution in [2.75, 3.05) is 13.7 Å². The van der Waals surface area contributed by atoms with E-state index in [4.69, 9.17) is 21.3 Å². The molecule has 0 bridgehead atoms. The lowest BCUT2D eigenvalue weighted by molar-refractivity contribution is -0.137. The summed E-state index contributed by atoms with van der Waals surface area (Å²) < 4.78 is 45.7. The van der Waals surface area contributed by atoms with Crippen LogP contribution < -0.4 is 4.74 Å². The van der Waals surface area contributed by atoms with Gasteiger partial charge in [-0.25, -0.2) is 4.99 Å². The van der Waals surface area contributed by atoms with Gasteiger partial charge in [0.05, 0.1) is 18.4 Å². The Balaban J connectivity index is 1.74. The molecule has 0 heterocycles. The van der Waals surface area contributed by atoms with Crippen molar-refractivity contribution in [3.8, 4) is 11.5 Å². The number of methoxy groups -OCH3 is 1. The predicted octanol–water partition coefficient (Wildman–Crippen LogP) is 8.60. The lowest BCUT2D eigenvalue weighted by atomic mass is 10.1. The molecule has 9 heteroatoms. The fourth-order valence-corrected chi connectivity index (χ4v) is 4.86. The van der Waals surface area contributed by atoms with E-state index in [2.05, 4.69) is 0 Å². The van der Waals surface area contributed by atoms with Crippen molar-refractivity contribution in [1.29, 1.82) is 0 Å². The molecule has 0 radical (unpaired) electrons. The van der Waals surface area contributed by atoms with Crippen LogP contribution >= 0.6 is 23.4 Å². The topological polar surface area (TPSA) is 45.1 Å². The van der Waals surface area contributed by atoms with Gasteiger partial charge in [-0.1, -0.05) is 59.8 Å². The standard InChI is InChI=1S/C30H26ClF3N2O2S/c1-38-27-6-3-7-28(19-27)39-29(35-25-5-2-4-23(18-25)30(32,33)34)36(20-22-10-14-26(37)15-11-22)17-16-21-8-12-24(31)13-9-21/h2-15,18-19,37H,16-17,20H2,1H3. The van der Waals surface area contributed by atoms with Gasteiger partial charge in [0.25, 0.3) is 0 Å². The lowest BCUT2D eigenvalue weighted by Gasteiger charge is -2.26. The highest BCUT2D eigenvalue weighted by Gasteiger charge is 2.30. The highest BCUT2D eigenvalue weighted by molar-refractivity contribution is 8.13. The van der Waals surface area contributed by atoms with E-state index in [0.717, 1.165) is 28.2 Å². The molecule has 0 aliphatic heterocycles. The number of ether oxygens (including phenoxy) is 1. The molecule has 39 heavy (non-hydrogen) atoms. The number of nitrogens with zero attached hydrogens (tertiary/aromatic N) is 2. The molecule has 0 saturated heterocycles. The van der Waals surface area contributed by atoms with Gasteiger partial charge in [-0.15, -0.1) is 0 Å². The van der Waals surface area contributed by atoms with Gasteiger partial charge in [0.1, 0.15) is 11.5 Å². The van der Waals surface area contributed by atoms with Gasteiger partial charge in [-0.2, -0.15) is 13.2 Å². The van der Waals surface area contributed by atoms with E-state index in [1.165, 1.54) is 17.8 Å². The average molecular weight is 571 g/mol. The second kappa shape index (κ2) is 13.0. The molecule has 4 aromatic carbocycles. The molecule has 0 amide bonds. The Morgan fingerprint density at radius 1 is 0.923 bits per heavy atom. The number of benzene rings is 4. The number of halogens is 4. The number of phenolic OH excluding ortho intramolecular Hbond substituents is 1. The highest BCUT2D eigenvalue weighted by atomic mass is 35.5. The van der Waals surface area contributed by atoms with E-state index < -0.39 is 11.7 Å². The highest BCUT2D eigenvalue weighted by Crippen LogP contribution is 2.33. The molecule has 0 aromatic heterocycles. The Morgan fingerprint density at radius 2 is 1.62 bits per heavy atom. The van der Waals surface area contributed by atoms with Crippen LogP contribution in [0, 0.1) is 0 Å². The van der Waals surface area contributed by atoms with Crippen LogP contribution in [-0.4, -0.2) is 28.8 Å². The third-order valence-corrected chi connectivity index (χ3v) is 7.09. The van der Waals surface area contributed by atoms with Crippen molar-refractivity contribution >= 4 is 34.2 Å². The number of thioether (sulfide) groups is 1. The minimum absolute atomic E-state index is 0.148. The number of hydrogen-bond acceptors (Lipinski definition) is 4. The molecule has 0 aliphatic carbocycles. The molecule has 0 fully saturated rings. The third-order valence-electron chi connectivity index (χ3n) is 5.81. The molecular formula is C30H26ClF3N2O2S. The molecule has 0 aliphatic rings. The number of rotatable bonds is 8. The number of aliphatic imine (C=N–C) groups is 1. The molecule has 1 N–H and O–H groups in total. The number of hydrogen-bond donors (Lipinski definition) is 1. The van der Waals surface area contributed by atoms with Crippen molar-refractivity contribution in [3.63, 3.8) is 0 Å². The fraction of sp³-hybridized carbons (Fsp3) is 0.167. The van der Waals surface area contributed by atoms with E-state index in [0.29, 0.717) is 35.5 Å². The fourth-order valence-electron chi connectivity index (χ4n) is 3.77. The summed E-state index contributed by atoms with van der Waals surface area (Å²) in [5.41, 5.74) is 1.39. The Morgan fingerprint density at radius 3 is 2.31 bits per heavy atom. The summed E-state index contributed by atoms with van der Waals surface area (Å²) in [6.07, 6.45) is -3.83. The first-order valence-electron chi connectivity index (χ1n) is 12.0. The first-order valence-corrected chi connectivity index (χ1v) is 13.2. The summed E-state index contributed by atoms with van der Waals surface area (Å²) in [5, 5.41) is 10.9. The van der Waals surface area contributed by atoms with Crippen LogP contribution in [0.15, 0.2) is 107 Å². The van der Waals surface area contributed by atoms with E-state index in [1.807, 2.05) is 65.6 Å². The minimum Gasteiger partial charge on any atom is -0.508 e. The molecule has 4 nitrogen and oxygen atoms in total. The average Bonchev–Trinajstić information content (AvgIpc) is 2.92. The quantitative estimate of drug-likeness (QED) is 0.131. The summed E-state index contributed by atoms with van der Waals surface area (Å²) in [7, 11) is 1.57. The van der Waals surface area contributed by atoms with Crippen molar-refractivity contribution < 1.29 is 23.0 Å². The first kappa shape index (κ1) is 28.4. The maximum Gasteiger partial charge on any atom is 0.416 e. The molecule has 0 atom stereocenters. The van der Waals surface area contributed by atoms with Crippen LogP contribution in [0.25, 0.3) is 0 Å². The van der Waals surface area contributed by atoms with Crippen molar-refractivity contribution in [3.05, 3.63) is 119 Å². The zero-order valence-electron chi connectivity index (χ0n) is 21.0. The zero-order chi connectivity index (χ0) is 27.8. The first-order chi connectivity index (χ1) is 18.7. The van der Waals surface area contributed by atoms with Crippen LogP contribution in [0.3, 0.4) is 0 Å². The van der Waals surface area contributed by atoms with Crippen LogP contribution in [-0.2, 0) is 19.1 Å². The lowest BCUT2D eigenvalue weighted by Crippen LogP contribution is -2.30. The van der Waals surface area contributed by atoms with Gasteiger partial charge in [-0.05, 0) is 78.2 Å². The normalized spacial score (nSPS) is 11.9. The molecule has 0 spiro atoms. The SMILES string of the molecule is COc1cccc(SC(=Nc2cccc(C(F)(F)F)c2)N(CCc2ccc(Cl)cc2)Cc2ccc(O)cc2)c1. The molecule has 0 saturated carbocycles. The number of alkyl halides is 3. The van der Waals surface area contributed by atoms with Crippen molar-refractivity contribution in [1.82, 2.24) is 4.90 Å². The van der Waals surface area contributed by atoms with E-state index in [9.17, 15) is 18.3 Å². The Kier molecular flexibility index (Phi) is 9.43. The molecule has 4 rings (SSSR count). The van der Waals surface area contributed by atoms with Crippen LogP contribution in [0.2, 0.25) is 5.02 Å². The van der Waals surface area contributed by atoms with Gasteiger partial charge in [-0.3, -0.25) is 0 Å². The molecule has 0 unspecified atom stereocenters. The number of amidine groups is 1. The summed E-state index contributed by atoms with van der Waals surface area (Å²) in [5.74, 6) is 0.805. The Labute approximate surface area is 234 Å². The van der Waals surface area contributed by atoms with Crippen LogP contribution in [0.4, 0.5) is 18.9 Å². The smallest absolute Gasteiger partial charge is 0.416 e. The second-order valence-corrected chi connectivity index (χ2v) is 10.2. The molecular weight excluding hydrogens is 545 g/mol. The van der Waals surface area contributed by atoms with Gasteiger partial charge in [0, 0.05) is 23.0 Å². The summed E-state index contributed by atoms with van der Waals surface area (Å²) in [4.78, 5) is 7.56. The predicted molar refractivity (Wildman–Crippen MR) is 151 cm³/mol. The van der Waals surface area contributed by atoms with Gasteiger partial charge >= 0.3 is 6.18 Å². The Bertz CT molecular complexity index is 1410.